The summed E-state index contributed by atoms with van der Waals surface area (Å²) in [6.45, 7) is 5.96. The zero-order valence-electron chi connectivity index (χ0n) is 11.0. The van der Waals surface area contributed by atoms with Crippen molar-refractivity contribution in [1.82, 2.24) is 0 Å². The molecule has 0 aliphatic carbocycles. The van der Waals surface area contributed by atoms with Crippen molar-refractivity contribution < 1.29 is 9.47 Å². The lowest BCUT2D eigenvalue weighted by atomic mass is 10.0. The lowest BCUT2D eigenvalue weighted by Gasteiger charge is -2.22. The first-order chi connectivity index (χ1) is 8.52. The Morgan fingerprint density at radius 2 is 2.28 bits per heavy atom. The Balaban J connectivity index is 2.02. The Bertz CT molecular complexity index is 432. The molecule has 1 heterocycles. The Morgan fingerprint density at radius 1 is 1.50 bits per heavy atom. The molecule has 0 saturated carbocycles. The molecule has 1 aliphatic heterocycles. The predicted molar refractivity (Wildman–Crippen MR) is 75.9 cm³/mol. The summed E-state index contributed by atoms with van der Waals surface area (Å²) in [6, 6.07) is 4.18. The van der Waals surface area contributed by atoms with Crippen molar-refractivity contribution >= 4 is 15.9 Å². The number of hydrogen-bond donors (Lipinski definition) is 1. The highest BCUT2D eigenvalue weighted by molar-refractivity contribution is 9.10. The van der Waals surface area contributed by atoms with Crippen molar-refractivity contribution in [2.24, 2.45) is 5.73 Å². The molecule has 0 fully saturated rings. The minimum absolute atomic E-state index is 0.254. The van der Waals surface area contributed by atoms with Gasteiger partial charge in [0.05, 0.1) is 19.8 Å². The van der Waals surface area contributed by atoms with E-state index in [1.807, 2.05) is 6.92 Å². The van der Waals surface area contributed by atoms with Gasteiger partial charge in [0.2, 0.25) is 0 Å². The largest absolute Gasteiger partial charge is 0.493 e. The Morgan fingerprint density at radius 3 is 3.00 bits per heavy atom. The minimum Gasteiger partial charge on any atom is -0.493 e. The maximum Gasteiger partial charge on any atom is 0.128 e. The van der Waals surface area contributed by atoms with Crippen LogP contribution in [0.25, 0.3) is 0 Å². The van der Waals surface area contributed by atoms with Crippen LogP contribution in [0.1, 0.15) is 31.4 Å². The average Bonchev–Trinajstić information content (AvgIpc) is 2.76. The molecule has 2 rings (SSSR count). The van der Waals surface area contributed by atoms with E-state index in [0.717, 1.165) is 35.2 Å². The third-order valence-corrected chi connectivity index (χ3v) is 3.78. The van der Waals surface area contributed by atoms with Crippen molar-refractivity contribution in [2.45, 2.75) is 38.8 Å². The quantitative estimate of drug-likeness (QED) is 0.908. The zero-order valence-corrected chi connectivity index (χ0v) is 12.5. The molecule has 0 bridgehead atoms. The molecule has 1 aromatic rings. The fourth-order valence-corrected chi connectivity index (χ4v) is 2.50. The second-order valence-corrected chi connectivity index (χ2v) is 6.07. The minimum atomic E-state index is -0.254. The van der Waals surface area contributed by atoms with Crippen LogP contribution in [0.3, 0.4) is 0 Å². The number of rotatable bonds is 5. The summed E-state index contributed by atoms with van der Waals surface area (Å²) in [6.07, 6.45) is 1.88. The molecule has 0 amide bonds. The van der Waals surface area contributed by atoms with Crippen molar-refractivity contribution in [1.29, 1.82) is 0 Å². The van der Waals surface area contributed by atoms with Gasteiger partial charge in [-0.15, -0.1) is 0 Å². The van der Waals surface area contributed by atoms with E-state index in [4.69, 9.17) is 15.2 Å². The Hall–Kier alpha value is -0.580. The molecule has 100 valence electrons. The molecule has 18 heavy (non-hydrogen) atoms. The molecule has 1 unspecified atom stereocenters. The van der Waals surface area contributed by atoms with E-state index in [-0.39, 0.29) is 5.54 Å². The van der Waals surface area contributed by atoms with Gasteiger partial charge < -0.3 is 15.2 Å². The van der Waals surface area contributed by atoms with Crippen LogP contribution in [0.4, 0.5) is 0 Å². The molecule has 0 radical (unpaired) electrons. The van der Waals surface area contributed by atoms with Crippen molar-refractivity contribution in [3.8, 4) is 5.75 Å². The first kappa shape index (κ1) is 13.8. The van der Waals surface area contributed by atoms with Crippen molar-refractivity contribution in [3.05, 3.63) is 27.7 Å². The van der Waals surface area contributed by atoms with E-state index in [2.05, 4.69) is 35.0 Å². The smallest absolute Gasteiger partial charge is 0.128 e. The molecule has 0 saturated heterocycles. The summed E-state index contributed by atoms with van der Waals surface area (Å²) in [5.74, 6) is 0.994. The third kappa shape index (κ3) is 3.25. The standard InChI is InChI=1S/C14H20BrNO2/c1-3-14(2,16)9-17-8-11-7-12(15)6-10-4-5-18-13(10)11/h6-7H,3-5,8-9,16H2,1-2H3. The summed E-state index contributed by atoms with van der Waals surface area (Å²) < 4.78 is 12.5. The van der Waals surface area contributed by atoms with Gasteiger partial charge in [-0.3, -0.25) is 0 Å². The highest BCUT2D eigenvalue weighted by Gasteiger charge is 2.19. The van der Waals surface area contributed by atoms with E-state index in [9.17, 15) is 0 Å². The number of hydrogen-bond acceptors (Lipinski definition) is 3. The van der Waals surface area contributed by atoms with Crippen molar-refractivity contribution in [3.63, 3.8) is 0 Å². The van der Waals surface area contributed by atoms with Gasteiger partial charge in [0, 0.05) is 22.0 Å². The number of benzene rings is 1. The molecule has 1 aliphatic rings. The molecular formula is C14H20BrNO2. The monoisotopic (exact) mass is 313 g/mol. The van der Waals surface area contributed by atoms with Gasteiger partial charge in [-0.2, -0.15) is 0 Å². The van der Waals surface area contributed by atoms with Gasteiger partial charge >= 0.3 is 0 Å². The molecular weight excluding hydrogens is 294 g/mol. The molecule has 2 N–H and O–H groups in total. The number of halogens is 1. The van der Waals surface area contributed by atoms with E-state index in [1.165, 1.54) is 5.56 Å². The summed E-state index contributed by atoms with van der Waals surface area (Å²) in [7, 11) is 0. The van der Waals surface area contributed by atoms with Gasteiger partial charge in [-0.05, 0) is 31.0 Å². The van der Waals surface area contributed by atoms with Crippen LogP contribution in [0.15, 0.2) is 16.6 Å². The molecule has 1 atom stereocenters. The SMILES string of the molecule is CCC(C)(N)COCc1cc(Br)cc2c1OCC2. The first-order valence-electron chi connectivity index (χ1n) is 6.32. The lowest BCUT2D eigenvalue weighted by molar-refractivity contribution is 0.0764. The zero-order chi connectivity index (χ0) is 13.2. The van der Waals surface area contributed by atoms with Crippen LogP contribution in [0.2, 0.25) is 0 Å². The first-order valence-corrected chi connectivity index (χ1v) is 7.12. The molecule has 0 spiro atoms. The van der Waals surface area contributed by atoms with E-state index in [0.29, 0.717) is 13.2 Å². The summed E-state index contributed by atoms with van der Waals surface area (Å²) in [5, 5.41) is 0. The van der Waals surface area contributed by atoms with E-state index >= 15 is 0 Å². The van der Waals surface area contributed by atoms with Crippen LogP contribution in [-0.4, -0.2) is 18.8 Å². The average molecular weight is 314 g/mol. The summed E-state index contributed by atoms with van der Waals surface area (Å²) in [4.78, 5) is 0. The third-order valence-electron chi connectivity index (χ3n) is 3.32. The topological polar surface area (TPSA) is 44.5 Å². The van der Waals surface area contributed by atoms with Gasteiger partial charge in [0.25, 0.3) is 0 Å². The molecule has 4 heteroatoms. The highest BCUT2D eigenvalue weighted by atomic mass is 79.9. The van der Waals surface area contributed by atoms with E-state index in [1.54, 1.807) is 0 Å². The second kappa shape index (κ2) is 5.59. The fraction of sp³-hybridized carbons (Fsp3) is 0.571. The van der Waals surface area contributed by atoms with Crippen LogP contribution in [-0.2, 0) is 17.8 Å². The number of fused-ring (bicyclic) bond motifs is 1. The summed E-state index contributed by atoms with van der Waals surface area (Å²) in [5.41, 5.74) is 8.16. The fourth-order valence-electron chi connectivity index (χ4n) is 1.95. The van der Waals surface area contributed by atoms with Gasteiger partial charge in [0.15, 0.2) is 0 Å². The molecule has 3 nitrogen and oxygen atoms in total. The normalized spacial score (nSPS) is 17.1. The van der Waals surface area contributed by atoms with Crippen LogP contribution in [0.5, 0.6) is 5.75 Å². The van der Waals surface area contributed by atoms with Gasteiger partial charge in [-0.1, -0.05) is 22.9 Å². The second-order valence-electron chi connectivity index (χ2n) is 5.15. The Kier molecular flexibility index (Phi) is 4.30. The predicted octanol–water partition coefficient (Wildman–Crippen LogP) is 3.03. The van der Waals surface area contributed by atoms with Gasteiger partial charge in [0.1, 0.15) is 5.75 Å². The van der Waals surface area contributed by atoms with Crippen LogP contribution >= 0.6 is 15.9 Å². The lowest BCUT2D eigenvalue weighted by Crippen LogP contribution is -2.40. The van der Waals surface area contributed by atoms with Crippen LogP contribution in [0, 0.1) is 0 Å². The number of nitrogens with two attached hydrogens (primary N) is 1. The molecule has 1 aromatic carbocycles. The molecule has 0 aromatic heterocycles. The van der Waals surface area contributed by atoms with Crippen molar-refractivity contribution in [2.75, 3.05) is 13.2 Å². The summed E-state index contributed by atoms with van der Waals surface area (Å²) >= 11 is 3.53. The van der Waals surface area contributed by atoms with Crippen LogP contribution < -0.4 is 10.5 Å². The maximum absolute atomic E-state index is 6.06. The number of ether oxygens (including phenoxy) is 2. The Labute approximate surface area is 117 Å². The highest BCUT2D eigenvalue weighted by Crippen LogP contribution is 2.33. The van der Waals surface area contributed by atoms with E-state index < -0.39 is 0 Å². The maximum atomic E-state index is 6.06. The van der Waals surface area contributed by atoms with Gasteiger partial charge in [-0.25, -0.2) is 0 Å².